The molecule has 1 atom stereocenters. The Labute approximate surface area is 278 Å². The number of ether oxygens (including phenoxy) is 3. The lowest BCUT2D eigenvalue weighted by atomic mass is 10.0. The van der Waals surface area contributed by atoms with Crippen LogP contribution in [0.25, 0.3) is 0 Å². The quantitative estimate of drug-likeness (QED) is 0.0396. The summed E-state index contributed by atoms with van der Waals surface area (Å²) in [7, 11) is 0. The molecule has 0 aliphatic heterocycles. The summed E-state index contributed by atoms with van der Waals surface area (Å²) >= 11 is 0. The average Bonchev–Trinajstić information content (AvgIpc) is 3.01. The van der Waals surface area contributed by atoms with Gasteiger partial charge in [0.15, 0.2) is 6.10 Å². The van der Waals surface area contributed by atoms with E-state index in [0.29, 0.717) is 19.3 Å². The fraction of sp³-hybridized carbons (Fsp3) is 0.923. The van der Waals surface area contributed by atoms with Crippen molar-refractivity contribution in [2.75, 3.05) is 13.2 Å². The first-order valence-corrected chi connectivity index (χ1v) is 19.4. The van der Waals surface area contributed by atoms with Crippen LogP contribution in [0.4, 0.5) is 0 Å². The standard InChI is InChI=1S/C39H74O6/c1-5-7-9-11-13-14-20-24-28-32-39(42)45-36(33-43-37(40)30-26-22-17-12-10-8-6-2)34-44-38(41)31-27-23-19-16-15-18-21-25-29-35(3)4/h35-36H,5-34H2,1-4H3/t36-/m0/s1. The number of unbranched alkanes of at least 4 members (excludes halogenated alkanes) is 21. The van der Waals surface area contributed by atoms with Gasteiger partial charge in [0.1, 0.15) is 13.2 Å². The van der Waals surface area contributed by atoms with Crippen LogP contribution < -0.4 is 0 Å². The molecule has 266 valence electrons. The molecule has 0 aromatic rings. The minimum Gasteiger partial charge on any atom is -0.462 e. The van der Waals surface area contributed by atoms with Gasteiger partial charge in [-0.2, -0.15) is 0 Å². The molecule has 0 aromatic heterocycles. The first-order chi connectivity index (χ1) is 21.9. The van der Waals surface area contributed by atoms with Gasteiger partial charge in [-0.15, -0.1) is 0 Å². The second-order valence-electron chi connectivity index (χ2n) is 13.7. The molecule has 0 bridgehead atoms. The monoisotopic (exact) mass is 639 g/mol. The van der Waals surface area contributed by atoms with Crippen molar-refractivity contribution in [2.24, 2.45) is 5.92 Å². The van der Waals surface area contributed by atoms with Crippen LogP contribution in [-0.2, 0) is 28.6 Å². The summed E-state index contributed by atoms with van der Waals surface area (Å²) in [6, 6.07) is 0. The Morgan fingerprint density at radius 1 is 0.422 bits per heavy atom. The summed E-state index contributed by atoms with van der Waals surface area (Å²) in [6.45, 7) is 8.87. The number of esters is 3. The van der Waals surface area contributed by atoms with Crippen LogP contribution in [0.5, 0.6) is 0 Å². The number of carbonyl (C=O) groups excluding carboxylic acids is 3. The minimum atomic E-state index is -0.756. The Hall–Kier alpha value is -1.59. The molecule has 0 aromatic carbocycles. The van der Waals surface area contributed by atoms with E-state index in [2.05, 4.69) is 27.7 Å². The molecule has 0 spiro atoms. The maximum Gasteiger partial charge on any atom is 0.306 e. The normalized spacial score (nSPS) is 11.9. The predicted octanol–water partition coefficient (Wildman–Crippen LogP) is 11.6. The molecule has 0 amide bonds. The van der Waals surface area contributed by atoms with Gasteiger partial charge in [0.05, 0.1) is 0 Å². The summed E-state index contributed by atoms with van der Waals surface area (Å²) in [6.07, 6.45) is 29.6. The largest absolute Gasteiger partial charge is 0.462 e. The smallest absolute Gasteiger partial charge is 0.306 e. The molecular formula is C39H74O6. The van der Waals surface area contributed by atoms with Crippen molar-refractivity contribution in [1.29, 1.82) is 0 Å². The van der Waals surface area contributed by atoms with Crippen LogP contribution >= 0.6 is 0 Å². The van der Waals surface area contributed by atoms with E-state index >= 15 is 0 Å². The highest BCUT2D eigenvalue weighted by molar-refractivity contribution is 5.71. The zero-order valence-electron chi connectivity index (χ0n) is 30.3. The highest BCUT2D eigenvalue weighted by atomic mass is 16.6. The lowest BCUT2D eigenvalue weighted by molar-refractivity contribution is -0.167. The first kappa shape index (κ1) is 43.4. The zero-order valence-corrected chi connectivity index (χ0v) is 30.3. The molecule has 0 aliphatic rings. The molecule has 0 saturated carbocycles. The van der Waals surface area contributed by atoms with Gasteiger partial charge in [-0.3, -0.25) is 14.4 Å². The van der Waals surface area contributed by atoms with Crippen molar-refractivity contribution in [3.05, 3.63) is 0 Å². The minimum absolute atomic E-state index is 0.0661. The molecule has 0 saturated heterocycles. The fourth-order valence-corrected chi connectivity index (χ4v) is 5.57. The molecule has 6 heteroatoms. The number of hydrogen-bond donors (Lipinski definition) is 0. The molecule has 0 rings (SSSR count). The van der Waals surface area contributed by atoms with Crippen LogP contribution in [0.15, 0.2) is 0 Å². The topological polar surface area (TPSA) is 78.9 Å². The average molecular weight is 639 g/mol. The summed E-state index contributed by atoms with van der Waals surface area (Å²) in [5.74, 6) is -0.0782. The van der Waals surface area contributed by atoms with Gasteiger partial charge in [-0.25, -0.2) is 0 Å². The highest BCUT2D eigenvalue weighted by Crippen LogP contribution is 2.15. The molecule has 0 radical (unpaired) electrons. The summed E-state index contributed by atoms with van der Waals surface area (Å²) in [4.78, 5) is 37.3. The molecule has 0 heterocycles. The second kappa shape index (κ2) is 33.8. The van der Waals surface area contributed by atoms with Crippen molar-refractivity contribution < 1.29 is 28.6 Å². The number of carbonyl (C=O) groups is 3. The zero-order chi connectivity index (χ0) is 33.2. The van der Waals surface area contributed by atoms with Gasteiger partial charge < -0.3 is 14.2 Å². The molecular weight excluding hydrogens is 564 g/mol. The molecule has 0 fully saturated rings. The van der Waals surface area contributed by atoms with Crippen LogP contribution in [0.1, 0.15) is 207 Å². The van der Waals surface area contributed by atoms with Crippen LogP contribution in [0.2, 0.25) is 0 Å². The summed E-state index contributed by atoms with van der Waals surface area (Å²) < 4.78 is 16.5. The summed E-state index contributed by atoms with van der Waals surface area (Å²) in [5, 5.41) is 0. The van der Waals surface area contributed by atoms with E-state index in [9.17, 15) is 14.4 Å². The van der Waals surface area contributed by atoms with E-state index < -0.39 is 6.10 Å². The maximum atomic E-state index is 12.6. The Balaban J connectivity index is 4.33. The van der Waals surface area contributed by atoms with Crippen LogP contribution in [0, 0.1) is 5.92 Å². The van der Waals surface area contributed by atoms with Crippen molar-refractivity contribution in [1.82, 2.24) is 0 Å². The molecule has 6 nitrogen and oxygen atoms in total. The SMILES string of the molecule is CCCCCCCCCCCC(=O)O[C@@H](COC(=O)CCCCCCCCC)COC(=O)CCCCCCCCCCC(C)C. The van der Waals surface area contributed by atoms with Crippen molar-refractivity contribution >= 4 is 17.9 Å². The van der Waals surface area contributed by atoms with E-state index in [1.165, 1.54) is 103 Å². The Morgan fingerprint density at radius 3 is 1.09 bits per heavy atom. The van der Waals surface area contributed by atoms with Gasteiger partial charge in [0.2, 0.25) is 0 Å². The lowest BCUT2D eigenvalue weighted by Crippen LogP contribution is -2.30. The van der Waals surface area contributed by atoms with E-state index in [-0.39, 0.29) is 31.1 Å². The Bertz CT molecular complexity index is 676. The van der Waals surface area contributed by atoms with Crippen LogP contribution in [-0.4, -0.2) is 37.2 Å². The van der Waals surface area contributed by atoms with Crippen molar-refractivity contribution in [3.63, 3.8) is 0 Å². The second-order valence-corrected chi connectivity index (χ2v) is 13.7. The van der Waals surface area contributed by atoms with Gasteiger partial charge in [0.25, 0.3) is 0 Å². The van der Waals surface area contributed by atoms with E-state index in [1.807, 2.05) is 0 Å². The van der Waals surface area contributed by atoms with Gasteiger partial charge in [-0.1, -0.05) is 169 Å². The third kappa shape index (κ3) is 33.6. The van der Waals surface area contributed by atoms with Crippen molar-refractivity contribution in [3.8, 4) is 0 Å². The molecule has 45 heavy (non-hydrogen) atoms. The first-order valence-electron chi connectivity index (χ1n) is 19.4. The third-order valence-electron chi connectivity index (χ3n) is 8.54. The predicted molar refractivity (Wildman–Crippen MR) is 187 cm³/mol. The van der Waals surface area contributed by atoms with E-state index in [4.69, 9.17) is 14.2 Å². The lowest BCUT2D eigenvalue weighted by Gasteiger charge is -2.18. The van der Waals surface area contributed by atoms with Gasteiger partial charge in [0, 0.05) is 19.3 Å². The van der Waals surface area contributed by atoms with Crippen LogP contribution in [0.3, 0.4) is 0 Å². The Kier molecular flexibility index (Phi) is 32.6. The maximum absolute atomic E-state index is 12.6. The molecule has 0 N–H and O–H groups in total. The molecule has 0 aliphatic carbocycles. The number of hydrogen-bond acceptors (Lipinski definition) is 6. The summed E-state index contributed by atoms with van der Waals surface area (Å²) in [5.41, 5.74) is 0. The third-order valence-corrected chi connectivity index (χ3v) is 8.54. The van der Waals surface area contributed by atoms with E-state index in [0.717, 1.165) is 63.7 Å². The van der Waals surface area contributed by atoms with E-state index in [1.54, 1.807) is 0 Å². The Morgan fingerprint density at radius 2 is 0.733 bits per heavy atom. The van der Waals surface area contributed by atoms with Gasteiger partial charge >= 0.3 is 17.9 Å². The fourth-order valence-electron chi connectivity index (χ4n) is 5.57. The molecule has 0 unspecified atom stereocenters. The highest BCUT2D eigenvalue weighted by Gasteiger charge is 2.19. The number of rotatable bonds is 34. The van der Waals surface area contributed by atoms with Crippen molar-refractivity contribution in [2.45, 2.75) is 214 Å². The van der Waals surface area contributed by atoms with Gasteiger partial charge in [-0.05, 0) is 25.2 Å².